The molecule has 6 heteroatoms. The number of carbonyl (C=O) groups is 1. The second kappa shape index (κ2) is 6.99. The lowest BCUT2D eigenvalue weighted by Gasteiger charge is -2.26. The Labute approximate surface area is 147 Å². The molecule has 0 saturated carbocycles. The Balaban J connectivity index is 1.73. The van der Waals surface area contributed by atoms with Gasteiger partial charge in [-0.25, -0.2) is 4.98 Å². The number of thiazole rings is 1. The van der Waals surface area contributed by atoms with E-state index < -0.39 is 0 Å². The van der Waals surface area contributed by atoms with Crippen LogP contribution >= 0.6 is 11.3 Å². The summed E-state index contributed by atoms with van der Waals surface area (Å²) >= 11 is 1.56. The highest BCUT2D eigenvalue weighted by Gasteiger charge is 2.22. The van der Waals surface area contributed by atoms with Gasteiger partial charge >= 0.3 is 0 Å². The van der Waals surface area contributed by atoms with Gasteiger partial charge in [0.25, 0.3) is 0 Å². The first kappa shape index (κ1) is 17.0. The summed E-state index contributed by atoms with van der Waals surface area (Å²) in [5, 5.41) is 3.44. The molecule has 1 aliphatic heterocycles. The van der Waals surface area contributed by atoms with E-state index in [1.165, 1.54) is 28.6 Å². The number of anilines is 1. The van der Waals surface area contributed by atoms with Crippen molar-refractivity contribution in [1.29, 1.82) is 0 Å². The van der Waals surface area contributed by atoms with E-state index >= 15 is 0 Å². The minimum absolute atomic E-state index is 0.0767. The summed E-state index contributed by atoms with van der Waals surface area (Å²) < 4.78 is 0. The summed E-state index contributed by atoms with van der Waals surface area (Å²) in [4.78, 5) is 23.8. The lowest BCUT2D eigenvalue weighted by Crippen LogP contribution is -2.29. The maximum atomic E-state index is 11.2. The smallest absolute Gasteiger partial charge is 0.223 e. The van der Waals surface area contributed by atoms with Crippen molar-refractivity contribution in [2.45, 2.75) is 46.6 Å². The highest BCUT2D eigenvalue weighted by atomic mass is 32.1. The van der Waals surface area contributed by atoms with Gasteiger partial charge in [-0.15, -0.1) is 11.3 Å². The molecule has 0 aromatic carbocycles. The lowest BCUT2D eigenvalue weighted by atomic mass is 10.0. The number of carbonyl (C=O) groups excluding carboxylic acids is 1. The van der Waals surface area contributed by atoms with Gasteiger partial charge in [0.2, 0.25) is 5.91 Å². The van der Waals surface area contributed by atoms with Crippen LogP contribution in [0.1, 0.15) is 47.3 Å². The molecular weight excluding hydrogens is 320 g/mol. The molecule has 1 amide bonds. The van der Waals surface area contributed by atoms with Crippen LogP contribution in [-0.4, -0.2) is 33.9 Å². The number of aryl methyl sites for hydroxylation is 2. The van der Waals surface area contributed by atoms with Crippen LogP contribution in [0.4, 0.5) is 5.13 Å². The van der Waals surface area contributed by atoms with Gasteiger partial charge in [0.15, 0.2) is 5.13 Å². The fraction of sp³-hybridized carbons (Fsp3) is 0.500. The zero-order valence-corrected chi connectivity index (χ0v) is 15.5. The molecule has 1 aliphatic rings. The Morgan fingerprint density at radius 1 is 1.33 bits per heavy atom. The predicted molar refractivity (Wildman–Crippen MR) is 97.5 cm³/mol. The topological polar surface area (TPSA) is 58.1 Å². The summed E-state index contributed by atoms with van der Waals surface area (Å²) in [5.41, 5.74) is 5.14. The number of nitrogens with one attached hydrogen (secondary N) is 1. The van der Waals surface area contributed by atoms with E-state index in [4.69, 9.17) is 0 Å². The van der Waals surface area contributed by atoms with Crippen LogP contribution in [0.3, 0.4) is 0 Å². The van der Waals surface area contributed by atoms with Crippen LogP contribution in [0.2, 0.25) is 0 Å². The van der Waals surface area contributed by atoms with Crippen molar-refractivity contribution in [2.75, 3.05) is 18.4 Å². The van der Waals surface area contributed by atoms with Crippen molar-refractivity contribution < 1.29 is 4.79 Å². The summed E-state index contributed by atoms with van der Waals surface area (Å²) in [6, 6.07) is 2.53. The zero-order chi connectivity index (χ0) is 17.3. The lowest BCUT2D eigenvalue weighted by molar-refractivity contribution is -0.114. The molecule has 0 bridgehead atoms. The zero-order valence-electron chi connectivity index (χ0n) is 14.7. The SMILES string of the molecule is CC(=O)Nc1ncc([C@H](C)N2CCc3cc(C)nc(C)c3CC2)s1. The second-order valence-electron chi connectivity index (χ2n) is 6.45. The van der Waals surface area contributed by atoms with Gasteiger partial charge in [-0.05, 0) is 50.8 Å². The maximum absolute atomic E-state index is 11.2. The minimum atomic E-state index is -0.0767. The average molecular weight is 344 g/mol. The van der Waals surface area contributed by atoms with E-state index in [1.54, 1.807) is 11.3 Å². The number of hydrogen-bond donors (Lipinski definition) is 1. The van der Waals surface area contributed by atoms with Crippen LogP contribution in [0.25, 0.3) is 0 Å². The van der Waals surface area contributed by atoms with Gasteiger partial charge < -0.3 is 5.32 Å². The van der Waals surface area contributed by atoms with Crippen LogP contribution < -0.4 is 5.32 Å². The first-order chi connectivity index (χ1) is 11.4. The summed E-state index contributed by atoms with van der Waals surface area (Å²) in [5.74, 6) is -0.0767. The first-order valence-electron chi connectivity index (χ1n) is 8.37. The Bertz CT molecular complexity index is 755. The van der Waals surface area contributed by atoms with Gasteiger partial charge in [0.1, 0.15) is 0 Å². The number of amides is 1. The van der Waals surface area contributed by atoms with Gasteiger partial charge in [-0.1, -0.05) is 0 Å². The summed E-state index contributed by atoms with van der Waals surface area (Å²) in [6.45, 7) is 9.97. The van der Waals surface area contributed by atoms with E-state index in [1.807, 2.05) is 6.20 Å². The number of pyridine rings is 1. The van der Waals surface area contributed by atoms with Crippen molar-refractivity contribution in [3.63, 3.8) is 0 Å². The van der Waals surface area contributed by atoms with Crippen molar-refractivity contribution in [3.8, 4) is 0 Å². The molecule has 0 saturated heterocycles. The Kier molecular flexibility index (Phi) is 4.96. The quantitative estimate of drug-likeness (QED) is 0.928. The highest BCUT2D eigenvalue weighted by molar-refractivity contribution is 7.15. The number of aromatic nitrogens is 2. The van der Waals surface area contributed by atoms with Crippen molar-refractivity contribution in [1.82, 2.24) is 14.9 Å². The van der Waals surface area contributed by atoms with Crippen molar-refractivity contribution in [3.05, 3.63) is 39.7 Å². The van der Waals surface area contributed by atoms with Crippen LogP contribution in [0, 0.1) is 13.8 Å². The average Bonchev–Trinajstić information content (AvgIpc) is 2.85. The van der Waals surface area contributed by atoms with Gasteiger partial charge in [-0.3, -0.25) is 14.7 Å². The highest BCUT2D eigenvalue weighted by Crippen LogP contribution is 2.30. The van der Waals surface area contributed by atoms with Crippen molar-refractivity contribution in [2.24, 2.45) is 0 Å². The number of nitrogens with zero attached hydrogens (tertiary/aromatic N) is 3. The van der Waals surface area contributed by atoms with Gasteiger partial charge in [0, 0.05) is 48.5 Å². The molecule has 3 rings (SSSR count). The molecule has 128 valence electrons. The first-order valence-corrected chi connectivity index (χ1v) is 9.19. The van der Waals surface area contributed by atoms with E-state index in [-0.39, 0.29) is 5.91 Å². The van der Waals surface area contributed by atoms with E-state index in [9.17, 15) is 4.79 Å². The Morgan fingerprint density at radius 2 is 2.08 bits per heavy atom. The van der Waals surface area contributed by atoms with E-state index in [0.29, 0.717) is 11.2 Å². The largest absolute Gasteiger partial charge is 0.302 e. The van der Waals surface area contributed by atoms with Crippen LogP contribution in [0.15, 0.2) is 12.3 Å². The number of fused-ring (bicyclic) bond motifs is 1. The summed E-state index contributed by atoms with van der Waals surface area (Å²) in [6.07, 6.45) is 3.98. The molecule has 0 radical (unpaired) electrons. The molecule has 0 spiro atoms. The van der Waals surface area contributed by atoms with Crippen LogP contribution in [0.5, 0.6) is 0 Å². The van der Waals surface area contributed by atoms with Crippen molar-refractivity contribution >= 4 is 22.4 Å². The monoisotopic (exact) mass is 344 g/mol. The van der Waals surface area contributed by atoms with Gasteiger partial charge in [0.05, 0.1) is 0 Å². The number of hydrogen-bond acceptors (Lipinski definition) is 5. The molecule has 1 atom stereocenters. The molecule has 3 heterocycles. The third-order valence-corrected chi connectivity index (χ3v) is 5.72. The summed E-state index contributed by atoms with van der Waals surface area (Å²) in [7, 11) is 0. The molecule has 0 unspecified atom stereocenters. The molecule has 0 fully saturated rings. The molecule has 2 aromatic heterocycles. The molecule has 5 nitrogen and oxygen atoms in total. The standard InChI is InChI=1S/C18H24N4OS/c1-11-9-15-5-7-22(8-6-16(15)12(2)20-11)13(3)17-10-19-18(24-17)21-14(4)23/h9-10,13H,5-8H2,1-4H3,(H,19,21,23)/t13-/m0/s1. The second-order valence-corrected chi connectivity index (χ2v) is 7.51. The third kappa shape index (κ3) is 3.65. The fourth-order valence-corrected chi connectivity index (χ4v) is 4.34. The van der Waals surface area contributed by atoms with Gasteiger partial charge in [-0.2, -0.15) is 0 Å². The molecule has 0 aliphatic carbocycles. The predicted octanol–water partition coefficient (Wildman–Crippen LogP) is 3.28. The van der Waals surface area contributed by atoms with E-state index in [0.717, 1.165) is 31.6 Å². The molecule has 1 N–H and O–H groups in total. The maximum Gasteiger partial charge on any atom is 0.223 e. The fourth-order valence-electron chi connectivity index (χ4n) is 3.39. The normalized spacial score (nSPS) is 16.3. The number of rotatable bonds is 3. The van der Waals surface area contributed by atoms with E-state index in [2.05, 4.69) is 47.0 Å². The van der Waals surface area contributed by atoms with Crippen LogP contribution in [-0.2, 0) is 17.6 Å². The third-order valence-electron chi connectivity index (χ3n) is 4.63. The minimum Gasteiger partial charge on any atom is -0.302 e. The molecular formula is C18H24N4OS. The molecule has 2 aromatic rings. The Morgan fingerprint density at radius 3 is 2.83 bits per heavy atom. The Hall–Kier alpha value is -1.79. The molecule has 24 heavy (non-hydrogen) atoms.